The summed E-state index contributed by atoms with van der Waals surface area (Å²) in [6.45, 7) is 3.63. The molecule has 2 nitrogen and oxygen atoms in total. The number of allylic oxidation sites excluding steroid dienone is 6. The third kappa shape index (κ3) is 4.43. The zero-order valence-electron chi connectivity index (χ0n) is 10.2. The van der Waals surface area contributed by atoms with Gasteiger partial charge in [0.2, 0.25) is 0 Å². The van der Waals surface area contributed by atoms with Crippen LogP contribution in [0.25, 0.3) is 5.57 Å². The second-order valence-corrected chi connectivity index (χ2v) is 3.78. The molecule has 0 radical (unpaired) electrons. The van der Waals surface area contributed by atoms with Crippen molar-refractivity contribution in [3.05, 3.63) is 65.7 Å². The first-order valence-electron chi connectivity index (χ1n) is 5.58. The molecule has 88 valence electrons. The standard InChI is InChI=1S/C14H17BO2/c1-3-4-8-14(11-12(2)15(16)17)13-9-6-5-7-10-13/h3-11,16-17H,1-2H3/b4-3-,12-11+,14-8+. The fourth-order valence-electron chi connectivity index (χ4n) is 1.38. The van der Waals surface area contributed by atoms with Crippen molar-refractivity contribution in [3.8, 4) is 0 Å². The molecule has 0 unspecified atom stereocenters. The maximum atomic E-state index is 9.08. The fourth-order valence-corrected chi connectivity index (χ4v) is 1.38. The highest BCUT2D eigenvalue weighted by atomic mass is 16.4. The number of benzene rings is 1. The van der Waals surface area contributed by atoms with Crippen LogP contribution in [0.4, 0.5) is 0 Å². The van der Waals surface area contributed by atoms with Crippen LogP contribution in [0.3, 0.4) is 0 Å². The van der Waals surface area contributed by atoms with Gasteiger partial charge in [0.25, 0.3) is 0 Å². The van der Waals surface area contributed by atoms with Crippen LogP contribution in [0.2, 0.25) is 0 Å². The molecular formula is C14H17BO2. The molecule has 0 saturated carbocycles. The second-order valence-electron chi connectivity index (χ2n) is 3.78. The van der Waals surface area contributed by atoms with Gasteiger partial charge in [0, 0.05) is 0 Å². The molecule has 17 heavy (non-hydrogen) atoms. The predicted molar refractivity (Wildman–Crippen MR) is 73.2 cm³/mol. The minimum Gasteiger partial charge on any atom is -0.423 e. The Morgan fingerprint density at radius 2 is 1.82 bits per heavy atom. The van der Waals surface area contributed by atoms with Crippen LogP contribution in [0, 0.1) is 0 Å². The van der Waals surface area contributed by atoms with Gasteiger partial charge in [0.15, 0.2) is 0 Å². The Hall–Kier alpha value is -1.58. The highest BCUT2D eigenvalue weighted by Crippen LogP contribution is 2.17. The molecule has 0 bridgehead atoms. The molecule has 0 atom stereocenters. The van der Waals surface area contributed by atoms with Crippen molar-refractivity contribution in [2.24, 2.45) is 0 Å². The van der Waals surface area contributed by atoms with Gasteiger partial charge < -0.3 is 10.0 Å². The zero-order valence-corrected chi connectivity index (χ0v) is 10.2. The monoisotopic (exact) mass is 228 g/mol. The summed E-state index contributed by atoms with van der Waals surface area (Å²) in [6, 6.07) is 9.84. The van der Waals surface area contributed by atoms with Gasteiger partial charge in [-0.2, -0.15) is 0 Å². The zero-order chi connectivity index (χ0) is 12.7. The van der Waals surface area contributed by atoms with E-state index in [0.717, 1.165) is 11.1 Å². The van der Waals surface area contributed by atoms with Gasteiger partial charge in [-0.05, 0) is 30.5 Å². The summed E-state index contributed by atoms with van der Waals surface area (Å²) >= 11 is 0. The van der Waals surface area contributed by atoms with Crippen molar-refractivity contribution < 1.29 is 10.0 Å². The van der Waals surface area contributed by atoms with Gasteiger partial charge in [-0.1, -0.05) is 54.6 Å². The summed E-state index contributed by atoms with van der Waals surface area (Å²) in [6.07, 6.45) is 7.58. The van der Waals surface area contributed by atoms with E-state index >= 15 is 0 Å². The van der Waals surface area contributed by atoms with Crippen LogP contribution in [0.1, 0.15) is 19.4 Å². The topological polar surface area (TPSA) is 40.5 Å². The van der Waals surface area contributed by atoms with Crippen LogP contribution in [0.5, 0.6) is 0 Å². The van der Waals surface area contributed by atoms with Crippen molar-refractivity contribution in [2.75, 3.05) is 0 Å². The van der Waals surface area contributed by atoms with Gasteiger partial charge in [-0.3, -0.25) is 0 Å². The molecule has 1 aromatic rings. The van der Waals surface area contributed by atoms with Crippen LogP contribution in [-0.2, 0) is 0 Å². The first kappa shape index (κ1) is 13.5. The molecule has 3 heteroatoms. The minimum atomic E-state index is -1.41. The van der Waals surface area contributed by atoms with Crippen molar-refractivity contribution in [1.82, 2.24) is 0 Å². The third-order valence-corrected chi connectivity index (χ3v) is 2.37. The molecule has 0 aliphatic rings. The van der Waals surface area contributed by atoms with E-state index in [2.05, 4.69) is 0 Å². The van der Waals surface area contributed by atoms with E-state index in [1.54, 1.807) is 13.0 Å². The Balaban J connectivity index is 3.10. The molecule has 0 aromatic heterocycles. The highest BCUT2D eigenvalue weighted by Gasteiger charge is 2.09. The molecule has 1 rings (SSSR count). The SMILES string of the molecule is C\C=C/C=C(\C=C(/C)B(O)O)c1ccccc1. The fraction of sp³-hybridized carbons (Fsp3) is 0.143. The van der Waals surface area contributed by atoms with Crippen molar-refractivity contribution in [1.29, 1.82) is 0 Å². The number of hydrogen-bond donors (Lipinski definition) is 2. The minimum absolute atomic E-state index is 0.518. The quantitative estimate of drug-likeness (QED) is 0.614. The molecule has 0 aliphatic heterocycles. The van der Waals surface area contributed by atoms with Gasteiger partial charge >= 0.3 is 7.12 Å². The molecule has 2 N–H and O–H groups in total. The highest BCUT2D eigenvalue weighted by molar-refractivity contribution is 6.50. The molecule has 0 amide bonds. The third-order valence-electron chi connectivity index (χ3n) is 2.37. The van der Waals surface area contributed by atoms with E-state index < -0.39 is 7.12 Å². The van der Waals surface area contributed by atoms with Crippen molar-refractivity contribution >= 4 is 12.7 Å². The Kier molecular flexibility index (Phi) is 5.47. The average molecular weight is 228 g/mol. The smallest absolute Gasteiger partial charge is 0.423 e. The molecule has 1 aromatic carbocycles. The van der Waals surface area contributed by atoms with Crippen molar-refractivity contribution in [2.45, 2.75) is 13.8 Å². The summed E-state index contributed by atoms with van der Waals surface area (Å²) < 4.78 is 0. The first-order chi connectivity index (χ1) is 8.15. The molecule has 0 aliphatic carbocycles. The Labute approximate surface area is 103 Å². The van der Waals surface area contributed by atoms with Crippen LogP contribution in [-0.4, -0.2) is 17.2 Å². The van der Waals surface area contributed by atoms with Gasteiger partial charge in [0.05, 0.1) is 0 Å². The Bertz CT molecular complexity index is 431. The van der Waals surface area contributed by atoms with Crippen molar-refractivity contribution in [3.63, 3.8) is 0 Å². The lowest BCUT2D eigenvalue weighted by atomic mass is 9.79. The van der Waals surface area contributed by atoms with E-state index in [0.29, 0.717) is 5.47 Å². The van der Waals surface area contributed by atoms with E-state index in [9.17, 15) is 0 Å². The summed E-state index contributed by atoms with van der Waals surface area (Å²) in [5.74, 6) is 0. The normalized spacial score (nSPS) is 13.2. The van der Waals surface area contributed by atoms with Crippen LogP contribution >= 0.6 is 0 Å². The molecule has 0 saturated heterocycles. The Morgan fingerprint density at radius 1 is 1.18 bits per heavy atom. The largest absolute Gasteiger partial charge is 0.483 e. The lowest BCUT2D eigenvalue weighted by Crippen LogP contribution is -2.12. The van der Waals surface area contributed by atoms with E-state index in [1.807, 2.05) is 55.5 Å². The summed E-state index contributed by atoms with van der Waals surface area (Å²) in [5, 5.41) is 18.2. The van der Waals surface area contributed by atoms with E-state index in [4.69, 9.17) is 10.0 Å². The van der Waals surface area contributed by atoms with Gasteiger partial charge in [-0.25, -0.2) is 0 Å². The lowest BCUT2D eigenvalue weighted by Gasteiger charge is -2.04. The lowest BCUT2D eigenvalue weighted by molar-refractivity contribution is 0.419. The van der Waals surface area contributed by atoms with Crippen LogP contribution < -0.4 is 0 Å². The number of hydrogen-bond acceptors (Lipinski definition) is 2. The first-order valence-corrected chi connectivity index (χ1v) is 5.58. The van der Waals surface area contributed by atoms with E-state index in [-0.39, 0.29) is 0 Å². The Morgan fingerprint density at radius 3 is 2.35 bits per heavy atom. The predicted octanol–water partition coefficient (Wildman–Crippen LogP) is 2.60. The summed E-state index contributed by atoms with van der Waals surface area (Å²) in [5.41, 5.74) is 2.52. The summed E-state index contributed by atoms with van der Waals surface area (Å²) in [4.78, 5) is 0. The maximum Gasteiger partial charge on any atom is 0.483 e. The number of rotatable bonds is 4. The molecular weight excluding hydrogens is 211 g/mol. The molecule has 0 spiro atoms. The molecule has 0 fully saturated rings. The van der Waals surface area contributed by atoms with Gasteiger partial charge in [-0.15, -0.1) is 0 Å². The van der Waals surface area contributed by atoms with Crippen LogP contribution in [0.15, 0.2) is 60.1 Å². The van der Waals surface area contributed by atoms with Gasteiger partial charge in [0.1, 0.15) is 0 Å². The maximum absolute atomic E-state index is 9.08. The second kappa shape index (κ2) is 6.89. The summed E-state index contributed by atoms with van der Waals surface area (Å²) in [7, 11) is -1.41. The average Bonchev–Trinajstić information content (AvgIpc) is 2.35. The van der Waals surface area contributed by atoms with E-state index in [1.165, 1.54) is 0 Å². The molecule has 0 heterocycles.